The van der Waals surface area contributed by atoms with Crippen molar-refractivity contribution in [2.45, 2.75) is 63.6 Å². The Kier molecular flexibility index (Phi) is 4.13. The molecule has 0 amide bonds. The van der Waals surface area contributed by atoms with Crippen LogP contribution in [0.3, 0.4) is 0 Å². The highest BCUT2D eigenvalue weighted by atomic mass is 15.2. The Morgan fingerprint density at radius 3 is 2.30 bits per heavy atom. The molecule has 0 saturated carbocycles. The van der Waals surface area contributed by atoms with Gasteiger partial charge < -0.3 is 10.6 Å². The van der Waals surface area contributed by atoms with Gasteiger partial charge in [0.15, 0.2) is 0 Å². The maximum absolute atomic E-state index is 6.57. The highest BCUT2D eigenvalue weighted by molar-refractivity contribution is 5.25. The number of aryl methyl sites for hydroxylation is 1. The SMILES string of the molecule is CCCc1ccc(C(N)C2CC3CCC(C2)N3C)cc1. The van der Waals surface area contributed by atoms with Crippen LogP contribution in [0.5, 0.6) is 0 Å². The Balaban J connectivity index is 1.68. The molecule has 2 heterocycles. The standard InChI is InChI=1S/C18H28N2/c1-3-4-13-5-7-14(8-6-13)18(19)15-11-16-9-10-17(12-15)20(16)2/h5-8,15-18H,3-4,9-12,19H2,1-2H3. The summed E-state index contributed by atoms with van der Waals surface area (Å²) in [6, 6.07) is 10.8. The summed E-state index contributed by atoms with van der Waals surface area (Å²) >= 11 is 0. The Morgan fingerprint density at radius 2 is 1.75 bits per heavy atom. The third-order valence-electron chi connectivity index (χ3n) is 5.55. The van der Waals surface area contributed by atoms with Crippen molar-refractivity contribution in [1.82, 2.24) is 4.90 Å². The van der Waals surface area contributed by atoms with Crippen LogP contribution in [0.1, 0.15) is 56.2 Å². The molecule has 0 aliphatic carbocycles. The zero-order chi connectivity index (χ0) is 14.1. The number of piperidine rings is 1. The molecule has 110 valence electrons. The molecule has 1 aromatic carbocycles. The topological polar surface area (TPSA) is 29.3 Å². The lowest BCUT2D eigenvalue weighted by Gasteiger charge is -2.39. The van der Waals surface area contributed by atoms with Crippen LogP contribution in [-0.4, -0.2) is 24.0 Å². The van der Waals surface area contributed by atoms with Crippen molar-refractivity contribution in [3.8, 4) is 0 Å². The lowest BCUT2D eigenvalue weighted by molar-refractivity contribution is 0.121. The van der Waals surface area contributed by atoms with E-state index in [-0.39, 0.29) is 6.04 Å². The third-order valence-corrected chi connectivity index (χ3v) is 5.55. The van der Waals surface area contributed by atoms with Crippen molar-refractivity contribution >= 4 is 0 Å². The van der Waals surface area contributed by atoms with Crippen LogP contribution in [0, 0.1) is 5.92 Å². The van der Waals surface area contributed by atoms with Gasteiger partial charge in [0, 0.05) is 18.1 Å². The first-order chi connectivity index (χ1) is 9.69. The lowest BCUT2D eigenvalue weighted by atomic mass is 9.82. The zero-order valence-corrected chi connectivity index (χ0v) is 12.9. The van der Waals surface area contributed by atoms with Crippen LogP contribution in [0.2, 0.25) is 0 Å². The second kappa shape index (κ2) is 5.87. The molecule has 2 aliphatic rings. The van der Waals surface area contributed by atoms with E-state index in [1.54, 1.807) is 0 Å². The van der Waals surface area contributed by atoms with Gasteiger partial charge in [0.05, 0.1) is 0 Å². The Labute approximate surface area is 123 Å². The van der Waals surface area contributed by atoms with Gasteiger partial charge >= 0.3 is 0 Å². The molecule has 20 heavy (non-hydrogen) atoms. The lowest BCUT2D eigenvalue weighted by Crippen LogP contribution is -2.42. The number of nitrogens with two attached hydrogens (primary N) is 1. The van der Waals surface area contributed by atoms with E-state index in [0.29, 0.717) is 5.92 Å². The fourth-order valence-electron chi connectivity index (χ4n) is 4.21. The summed E-state index contributed by atoms with van der Waals surface area (Å²) in [5.41, 5.74) is 9.34. The van der Waals surface area contributed by atoms with Gasteiger partial charge in [-0.1, -0.05) is 37.6 Å². The minimum absolute atomic E-state index is 0.225. The number of benzene rings is 1. The predicted molar refractivity (Wildman–Crippen MR) is 84.7 cm³/mol. The largest absolute Gasteiger partial charge is 0.324 e. The first-order valence-corrected chi connectivity index (χ1v) is 8.25. The van der Waals surface area contributed by atoms with Crippen molar-refractivity contribution in [2.75, 3.05) is 7.05 Å². The van der Waals surface area contributed by atoms with Gasteiger partial charge in [-0.25, -0.2) is 0 Å². The number of fused-ring (bicyclic) bond motifs is 2. The molecule has 2 heteroatoms. The fourth-order valence-corrected chi connectivity index (χ4v) is 4.21. The molecule has 2 aliphatic heterocycles. The van der Waals surface area contributed by atoms with Crippen molar-refractivity contribution in [1.29, 1.82) is 0 Å². The molecule has 2 bridgehead atoms. The smallest absolute Gasteiger partial charge is 0.0324 e. The molecule has 2 nitrogen and oxygen atoms in total. The summed E-state index contributed by atoms with van der Waals surface area (Å²) in [6.07, 6.45) is 7.70. The Hall–Kier alpha value is -0.860. The maximum Gasteiger partial charge on any atom is 0.0324 e. The van der Waals surface area contributed by atoms with E-state index in [4.69, 9.17) is 5.73 Å². The van der Waals surface area contributed by atoms with E-state index in [2.05, 4.69) is 43.1 Å². The van der Waals surface area contributed by atoms with Crippen LogP contribution in [0.15, 0.2) is 24.3 Å². The summed E-state index contributed by atoms with van der Waals surface area (Å²) in [4.78, 5) is 2.59. The van der Waals surface area contributed by atoms with E-state index < -0.39 is 0 Å². The third kappa shape index (κ3) is 2.64. The fraction of sp³-hybridized carbons (Fsp3) is 0.667. The van der Waals surface area contributed by atoms with Crippen LogP contribution in [0.4, 0.5) is 0 Å². The van der Waals surface area contributed by atoms with Gasteiger partial charge in [0.2, 0.25) is 0 Å². The van der Waals surface area contributed by atoms with Gasteiger partial charge in [-0.2, -0.15) is 0 Å². The van der Waals surface area contributed by atoms with Crippen molar-refractivity contribution < 1.29 is 0 Å². The van der Waals surface area contributed by atoms with Crippen molar-refractivity contribution in [3.63, 3.8) is 0 Å². The molecule has 0 aromatic heterocycles. The predicted octanol–water partition coefficient (Wildman–Crippen LogP) is 3.51. The van der Waals surface area contributed by atoms with Crippen molar-refractivity contribution in [2.24, 2.45) is 11.7 Å². The monoisotopic (exact) mass is 272 g/mol. The molecule has 0 spiro atoms. The van der Waals surface area contributed by atoms with Crippen LogP contribution in [-0.2, 0) is 6.42 Å². The maximum atomic E-state index is 6.57. The second-order valence-corrected chi connectivity index (χ2v) is 6.80. The second-order valence-electron chi connectivity index (χ2n) is 6.80. The Morgan fingerprint density at radius 1 is 1.15 bits per heavy atom. The number of nitrogens with zero attached hydrogens (tertiary/aromatic N) is 1. The van der Waals surface area contributed by atoms with E-state index in [1.165, 1.54) is 49.7 Å². The summed E-state index contributed by atoms with van der Waals surface area (Å²) in [5, 5.41) is 0. The quantitative estimate of drug-likeness (QED) is 0.909. The molecule has 2 saturated heterocycles. The highest BCUT2D eigenvalue weighted by Crippen LogP contribution is 2.41. The molecule has 3 rings (SSSR count). The van der Waals surface area contributed by atoms with Gasteiger partial charge in [0.25, 0.3) is 0 Å². The van der Waals surface area contributed by atoms with Crippen LogP contribution >= 0.6 is 0 Å². The highest BCUT2D eigenvalue weighted by Gasteiger charge is 2.40. The first kappa shape index (κ1) is 14.1. The number of hydrogen-bond acceptors (Lipinski definition) is 2. The summed E-state index contributed by atoms with van der Waals surface area (Å²) in [5.74, 6) is 0.667. The van der Waals surface area contributed by atoms with E-state index >= 15 is 0 Å². The molecule has 1 aromatic rings. The molecule has 3 atom stereocenters. The normalized spacial score (nSPS) is 31.4. The molecule has 3 unspecified atom stereocenters. The summed E-state index contributed by atoms with van der Waals surface area (Å²) < 4.78 is 0. The molecule has 2 N–H and O–H groups in total. The minimum Gasteiger partial charge on any atom is -0.324 e. The van der Waals surface area contributed by atoms with Gasteiger partial charge in [-0.15, -0.1) is 0 Å². The van der Waals surface area contributed by atoms with Crippen molar-refractivity contribution in [3.05, 3.63) is 35.4 Å². The average Bonchev–Trinajstić information content (AvgIpc) is 2.68. The van der Waals surface area contributed by atoms with Gasteiger partial charge in [0.1, 0.15) is 0 Å². The zero-order valence-electron chi connectivity index (χ0n) is 12.9. The summed E-state index contributed by atoms with van der Waals surface area (Å²) in [6.45, 7) is 2.23. The van der Waals surface area contributed by atoms with Crippen LogP contribution in [0.25, 0.3) is 0 Å². The first-order valence-electron chi connectivity index (χ1n) is 8.25. The Bertz CT molecular complexity index is 425. The molecular weight excluding hydrogens is 244 g/mol. The number of rotatable bonds is 4. The minimum atomic E-state index is 0.225. The van der Waals surface area contributed by atoms with Crippen LogP contribution < -0.4 is 5.73 Å². The summed E-state index contributed by atoms with van der Waals surface area (Å²) in [7, 11) is 2.30. The molecular formula is C18H28N2. The molecule has 0 radical (unpaired) electrons. The number of hydrogen-bond donors (Lipinski definition) is 1. The van der Waals surface area contributed by atoms with E-state index in [0.717, 1.165) is 12.1 Å². The van der Waals surface area contributed by atoms with Gasteiger partial charge in [-0.3, -0.25) is 0 Å². The van der Waals surface area contributed by atoms with E-state index in [1.807, 2.05) is 0 Å². The van der Waals surface area contributed by atoms with Gasteiger partial charge in [-0.05, 0) is 56.2 Å². The van der Waals surface area contributed by atoms with E-state index in [9.17, 15) is 0 Å². The molecule has 2 fully saturated rings. The average molecular weight is 272 g/mol.